The number of rotatable bonds is 4. The lowest BCUT2D eigenvalue weighted by molar-refractivity contribution is 0.0886. The molecule has 4 heteroatoms. The number of benzene rings is 1. The van der Waals surface area contributed by atoms with Gasteiger partial charge in [-0.05, 0) is 40.9 Å². The van der Waals surface area contributed by atoms with Crippen LogP contribution in [0.2, 0.25) is 0 Å². The maximum absolute atomic E-state index is 12.6. The molecule has 1 saturated carbocycles. The topological polar surface area (TPSA) is 35.5 Å². The molecule has 0 N–H and O–H groups in total. The minimum Gasteiger partial charge on any atom is -0.495 e. The van der Waals surface area contributed by atoms with Crippen molar-refractivity contribution >= 4 is 21.7 Å². The van der Waals surface area contributed by atoms with Crippen LogP contribution in [-0.4, -0.2) is 20.0 Å². The van der Waals surface area contributed by atoms with E-state index in [4.69, 9.17) is 9.47 Å². The lowest BCUT2D eigenvalue weighted by Gasteiger charge is -2.22. The highest BCUT2D eigenvalue weighted by molar-refractivity contribution is 9.10. The molecule has 1 aromatic rings. The van der Waals surface area contributed by atoms with Crippen molar-refractivity contribution in [1.29, 1.82) is 0 Å². The molecule has 0 bridgehead atoms. The van der Waals surface area contributed by atoms with Gasteiger partial charge < -0.3 is 9.47 Å². The minimum atomic E-state index is 0.142. The number of carbonyl (C=O) groups excluding carboxylic acids is 1. The molecule has 2 rings (SSSR count). The smallest absolute Gasteiger partial charge is 0.169 e. The summed E-state index contributed by atoms with van der Waals surface area (Å²) in [6.45, 7) is 0. The summed E-state index contributed by atoms with van der Waals surface area (Å²) in [5, 5.41) is 0. The third-order valence-corrected chi connectivity index (χ3v) is 4.48. The molecule has 1 aliphatic carbocycles. The van der Waals surface area contributed by atoms with Gasteiger partial charge in [0.15, 0.2) is 5.78 Å². The lowest BCUT2D eigenvalue weighted by Crippen LogP contribution is -2.18. The Hall–Kier alpha value is -1.03. The van der Waals surface area contributed by atoms with Gasteiger partial charge in [0.25, 0.3) is 0 Å². The summed E-state index contributed by atoms with van der Waals surface area (Å²) in [5.74, 6) is 1.59. The maximum Gasteiger partial charge on any atom is 0.169 e. The van der Waals surface area contributed by atoms with Crippen molar-refractivity contribution in [2.75, 3.05) is 14.2 Å². The Morgan fingerprint density at radius 1 is 1.16 bits per heavy atom. The Labute approximate surface area is 122 Å². The van der Waals surface area contributed by atoms with E-state index in [2.05, 4.69) is 15.9 Å². The average molecular weight is 327 g/mol. The summed E-state index contributed by atoms with van der Waals surface area (Å²) >= 11 is 3.44. The zero-order valence-electron chi connectivity index (χ0n) is 11.4. The second-order valence-electron chi connectivity index (χ2n) is 4.86. The van der Waals surface area contributed by atoms with Gasteiger partial charge in [0.1, 0.15) is 16.0 Å². The highest BCUT2D eigenvalue weighted by atomic mass is 79.9. The van der Waals surface area contributed by atoms with Crippen LogP contribution >= 0.6 is 15.9 Å². The molecule has 0 aromatic heterocycles. The van der Waals surface area contributed by atoms with Crippen LogP contribution in [0.3, 0.4) is 0 Å². The van der Waals surface area contributed by atoms with Crippen LogP contribution in [0.4, 0.5) is 0 Å². The normalized spacial score (nSPS) is 16.2. The predicted molar refractivity (Wildman–Crippen MR) is 78.2 cm³/mol. The Morgan fingerprint density at radius 3 is 2.42 bits per heavy atom. The third-order valence-electron chi connectivity index (χ3n) is 3.73. The van der Waals surface area contributed by atoms with E-state index in [1.54, 1.807) is 20.3 Å². The fourth-order valence-corrected chi connectivity index (χ4v) is 3.34. The first kappa shape index (κ1) is 14.4. The number of ketones is 1. The number of Topliss-reactive ketones (excluding diaryl/α,β-unsaturated/α-hetero) is 1. The van der Waals surface area contributed by atoms with E-state index < -0.39 is 0 Å². The summed E-state index contributed by atoms with van der Waals surface area (Å²) in [5.41, 5.74) is 0.655. The van der Waals surface area contributed by atoms with Gasteiger partial charge >= 0.3 is 0 Å². The second kappa shape index (κ2) is 6.42. The van der Waals surface area contributed by atoms with Gasteiger partial charge in [-0.1, -0.05) is 19.3 Å². The Morgan fingerprint density at radius 2 is 1.84 bits per heavy atom. The van der Waals surface area contributed by atoms with Crippen LogP contribution in [0.5, 0.6) is 11.5 Å². The molecule has 1 aromatic carbocycles. The quantitative estimate of drug-likeness (QED) is 0.777. The van der Waals surface area contributed by atoms with Crippen molar-refractivity contribution in [2.24, 2.45) is 5.92 Å². The first-order valence-electron chi connectivity index (χ1n) is 6.63. The molecule has 0 spiro atoms. The first-order chi connectivity index (χ1) is 9.19. The van der Waals surface area contributed by atoms with E-state index in [-0.39, 0.29) is 11.7 Å². The van der Waals surface area contributed by atoms with Crippen molar-refractivity contribution in [1.82, 2.24) is 0 Å². The highest BCUT2D eigenvalue weighted by Crippen LogP contribution is 2.39. The molecule has 0 radical (unpaired) electrons. The van der Waals surface area contributed by atoms with Gasteiger partial charge in [-0.15, -0.1) is 0 Å². The average Bonchev–Trinajstić information content (AvgIpc) is 2.47. The molecular formula is C15H19BrO3. The molecule has 0 unspecified atom stereocenters. The fourth-order valence-electron chi connectivity index (χ4n) is 2.67. The van der Waals surface area contributed by atoms with Crippen LogP contribution < -0.4 is 9.47 Å². The molecule has 0 aliphatic heterocycles. The molecule has 0 atom stereocenters. The van der Waals surface area contributed by atoms with Crippen LogP contribution in [0.25, 0.3) is 0 Å². The number of carbonyl (C=O) groups is 1. The zero-order chi connectivity index (χ0) is 13.8. The number of ether oxygens (including phenoxy) is 2. The Bertz CT molecular complexity index is 465. The molecule has 1 fully saturated rings. The number of hydrogen-bond acceptors (Lipinski definition) is 3. The molecule has 19 heavy (non-hydrogen) atoms. The van der Waals surface area contributed by atoms with Crippen molar-refractivity contribution in [3.8, 4) is 11.5 Å². The van der Waals surface area contributed by atoms with Gasteiger partial charge in [-0.2, -0.15) is 0 Å². The van der Waals surface area contributed by atoms with Gasteiger partial charge in [-0.3, -0.25) is 4.79 Å². The molecule has 0 amide bonds. The SMILES string of the molecule is COc1ccc(C(=O)C2CCCCC2)c(OC)c1Br. The van der Waals surface area contributed by atoms with E-state index in [0.29, 0.717) is 21.5 Å². The highest BCUT2D eigenvalue weighted by Gasteiger charge is 2.26. The van der Waals surface area contributed by atoms with E-state index in [9.17, 15) is 4.79 Å². The summed E-state index contributed by atoms with van der Waals surface area (Å²) in [6, 6.07) is 3.61. The molecule has 104 valence electrons. The van der Waals surface area contributed by atoms with Crippen LogP contribution in [-0.2, 0) is 0 Å². The zero-order valence-corrected chi connectivity index (χ0v) is 13.0. The van der Waals surface area contributed by atoms with E-state index >= 15 is 0 Å². The fraction of sp³-hybridized carbons (Fsp3) is 0.533. The minimum absolute atomic E-state index is 0.142. The summed E-state index contributed by atoms with van der Waals surface area (Å²) in [6.07, 6.45) is 5.52. The van der Waals surface area contributed by atoms with E-state index in [1.807, 2.05) is 6.07 Å². The predicted octanol–water partition coefficient (Wildman–Crippen LogP) is 4.23. The maximum atomic E-state index is 12.6. The van der Waals surface area contributed by atoms with Gasteiger partial charge in [0.05, 0.1) is 19.8 Å². The van der Waals surface area contributed by atoms with Crippen molar-refractivity contribution in [3.05, 3.63) is 22.2 Å². The number of hydrogen-bond donors (Lipinski definition) is 0. The Kier molecular flexibility index (Phi) is 4.86. The molecule has 3 nitrogen and oxygen atoms in total. The largest absolute Gasteiger partial charge is 0.495 e. The standard InChI is InChI=1S/C15H19BrO3/c1-18-12-9-8-11(15(19-2)13(12)16)14(17)10-6-4-3-5-7-10/h8-10H,3-7H2,1-2H3. The lowest BCUT2D eigenvalue weighted by atomic mass is 9.83. The van der Waals surface area contributed by atoms with Gasteiger partial charge in [-0.25, -0.2) is 0 Å². The van der Waals surface area contributed by atoms with Gasteiger partial charge in [0.2, 0.25) is 0 Å². The first-order valence-corrected chi connectivity index (χ1v) is 7.43. The van der Waals surface area contributed by atoms with Gasteiger partial charge in [0, 0.05) is 5.92 Å². The third kappa shape index (κ3) is 2.94. The van der Waals surface area contributed by atoms with Crippen LogP contribution in [0.1, 0.15) is 42.5 Å². The monoisotopic (exact) mass is 326 g/mol. The second-order valence-corrected chi connectivity index (χ2v) is 5.65. The van der Waals surface area contributed by atoms with Crippen molar-refractivity contribution < 1.29 is 14.3 Å². The summed E-state index contributed by atoms with van der Waals surface area (Å²) in [7, 11) is 3.18. The number of halogens is 1. The molecule has 0 heterocycles. The Balaban J connectivity index is 2.33. The molecular weight excluding hydrogens is 308 g/mol. The van der Waals surface area contributed by atoms with Crippen molar-refractivity contribution in [2.45, 2.75) is 32.1 Å². The van der Waals surface area contributed by atoms with Crippen LogP contribution in [0.15, 0.2) is 16.6 Å². The summed E-state index contributed by atoms with van der Waals surface area (Å²) in [4.78, 5) is 12.6. The number of methoxy groups -OCH3 is 2. The van der Waals surface area contributed by atoms with E-state index in [1.165, 1.54) is 6.42 Å². The van der Waals surface area contributed by atoms with Crippen molar-refractivity contribution in [3.63, 3.8) is 0 Å². The van der Waals surface area contributed by atoms with Crippen LogP contribution in [0, 0.1) is 5.92 Å². The molecule has 0 saturated heterocycles. The molecule has 1 aliphatic rings. The summed E-state index contributed by atoms with van der Waals surface area (Å²) < 4.78 is 11.3. The van der Waals surface area contributed by atoms with E-state index in [0.717, 1.165) is 25.7 Å².